The molecular formula is C20H23FN11O9PS2. The molecule has 0 saturated carbocycles. The number of anilines is 2. The molecule has 20 nitrogen and oxygen atoms in total. The minimum absolute atomic E-state index is 0.0259. The number of fused-ring (bicyclic) bond motifs is 5. The van der Waals surface area contributed by atoms with Crippen molar-refractivity contribution in [1.29, 1.82) is 0 Å². The summed E-state index contributed by atoms with van der Waals surface area (Å²) in [4.78, 5) is 34.7. The van der Waals surface area contributed by atoms with Gasteiger partial charge in [0.25, 0.3) is 5.56 Å². The number of halogens is 1. The van der Waals surface area contributed by atoms with Crippen LogP contribution in [0.3, 0.4) is 0 Å². The summed E-state index contributed by atoms with van der Waals surface area (Å²) in [6.45, 7) is -5.43. The van der Waals surface area contributed by atoms with Crippen LogP contribution in [0.25, 0.3) is 22.3 Å². The number of H-pyrrole nitrogens is 1. The molecule has 4 aromatic rings. The van der Waals surface area contributed by atoms with Crippen LogP contribution in [0.2, 0.25) is 0 Å². The van der Waals surface area contributed by atoms with E-state index in [4.69, 9.17) is 34.2 Å². The summed E-state index contributed by atoms with van der Waals surface area (Å²) in [6, 6.07) is -1.58. The zero-order valence-electron chi connectivity index (χ0n) is 22.0. The molecule has 7 rings (SSSR count). The molecule has 0 aliphatic carbocycles. The second kappa shape index (κ2) is 10.7. The highest BCUT2D eigenvalue weighted by atomic mass is 32.7. The molecule has 3 aliphatic rings. The minimum Gasteiger partial charge on any atom is -0.382 e. The number of alkyl halides is 1. The highest BCUT2D eigenvalue weighted by Crippen LogP contribution is 2.57. The fourth-order valence-corrected chi connectivity index (χ4v) is 7.81. The highest BCUT2D eigenvalue weighted by molar-refractivity contribution is 8.44. The molecule has 24 heteroatoms. The van der Waals surface area contributed by atoms with Gasteiger partial charge >= 0.3 is 17.1 Å². The number of rotatable bonds is 2. The lowest BCUT2D eigenvalue weighted by Crippen LogP contribution is -2.48. The predicted octanol–water partition coefficient (Wildman–Crippen LogP) is -0.680. The molecule has 0 spiro atoms. The van der Waals surface area contributed by atoms with Gasteiger partial charge in [-0.1, -0.05) is 12.2 Å². The number of aromatic amines is 1. The maximum atomic E-state index is 15.9. The van der Waals surface area contributed by atoms with Gasteiger partial charge in [0.2, 0.25) is 5.95 Å². The van der Waals surface area contributed by atoms with Gasteiger partial charge in [0, 0.05) is 6.42 Å². The van der Waals surface area contributed by atoms with Gasteiger partial charge in [-0.2, -0.15) is 18.1 Å². The maximum absolute atomic E-state index is 15.9. The van der Waals surface area contributed by atoms with Gasteiger partial charge in [0.05, 0.1) is 38.0 Å². The van der Waals surface area contributed by atoms with Crippen molar-refractivity contribution in [2.45, 2.75) is 49.4 Å². The van der Waals surface area contributed by atoms with Crippen molar-refractivity contribution >= 4 is 63.4 Å². The maximum Gasteiger partial charge on any atom is 0.386 e. The van der Waals surface area contributed by atoms with Crippen LogP contribution in [-0.2, 0) is 37.6 Å². The molecule has 3 saturated heterocycles. The molecule has 8 atom stereocenters. The average Bonchev–Trinajstić information content (AvgIpc) is 3.72. The lowest BCUT2D eigenvalue weighted by molar-refractivity contribution is -0.0481. The summed E-state index contributed by atoms with van der Waals surface area (Å²) >= 11 is 4.09. The van der Waals surface area contributed by atoms with E-state index >= 15 is 4.39 Å². The van der Waals surface area contributed by atoms with Crippen LogP contribution < -0.4 is 21.7 Å². The van der Waals surface area contributed by atoms with E-state index in [2.05, 4.69) is 46.9 Å². The minimum atomic E-state index is -4.62. The number of nitrogens with one attached hydrogen (secondary N) is 2. The summed E-state index contributed by atoms with van der Waals surface area (Å²) in [6.07, 6.45) is -4.47. The number of hydrogen-bond donors (Lipinski definition) is 5. The molecule has 4 aromatic heterocycles. The molecule has 2 bridgehead atoms. The molecule has 2 unspecified atom stereocenters. The van der Waals surface area contributed by atoms with Crippen molar-refractivity contribution in [3.8, 4) is 0 Å². The summed E-state index contributed by atoms with van der Waals surface area (Å²) in [5.74, 6) is -0.155. The fraction of sp³-hybridized carbons (Fsp3) is 0.500. The Balaban J connectivity index is 1.19. The van der Waals surface area contributed by atoms with Gasteiger partial charge in [-0.3, -0.25) is 32.1 Å². The third-order valence-corrected chi connectivity index (χ3v) is 9.87. The van der Waals surface area contributed by atoms with Gasteiger partial charge in [-0.25, -0.2) is 28.9 Å². The Bertz CT molecular complexity index is 1980. The van der Waals surface area contributed by atoms with Gasteiger partial charge < -0.3 is 20.9 Å². The predicted molar refractivity (Wildman–Crippen MR) is 149 cm³/mol. The van der Waals surface area contributed by atoms with Crippen molar-refractivity contribution in [2.24, 2.45) is 0 Å². The smallest absolute Gasteiger partial charge is 0.382 e. The van der Waals surface area contributed by atoms with E-state index < -0.39 is 78.9 Å². The van der Waals surface area contributed by atoms with E-state index in [9.17, 15) is 17.8 Å². The molecule has 7 heterocycles. The van der Waals surface area contributed by atoms with E-state index in [-0.39, 0.29) is 40.5 Å². The van der Waals surface area contributed by atoms with E-state index in [1.54, 1.807) is 0 Å². The molecule has 236 valence electrons. The number of ether oxygens (including phenoxy) is 2. The lowest BCUT2D eigenvalue weighted by atomic mass is 10.1. The zero-order chi connectivity index (χ0) is 31.0. The van der Waals surface area contributed by atoms with E-state index in [0.717, 1.165) is 6.33 Å². The summed E-state index contributed by atoms with van der Waals surface area (Å²) in [7, 11) is -4.62. The summed E-state index contributed by atoms with van der Waals surface area (Å²) in [5, 5.41) is 0. The van der Waals surface area contributed by atoms with Crippen LogP contribution in [0.1, 0.15) is 18.9 Å². The first-order valence-electron chi connectivity index (χ1n) is 12.8. The normalized spacial score (nSPS) is 34.4. The summed E-state index contributed by atoms with van der Waals surface area (Å²) < 4.78 is 88.2. The van der Waals surface area contributed by atoms with Gasteiger partial charge in [0.15, 0.2) is 41.3 Å². The van der Waals surface area contributed by atoms with Crippen molar-refractivity contribution in [3.05, 3.63) is 29.3 Å². The Hall–Kier alpha value is -3.28. The second-order valence-electron chi connectivity index (χ2n) is 10.0. The third-order valence-electron chi connectivity index (χ3n) is 7.22. The second-order valence-corrected chi connectivity index (χ2v) is 14.3. The quantitative estimate of drug-likeness (QED) is 0.130. The molecule has 0 amide bonds. The van der Waals surface area contributed by atoms with Crippen molar-refractivity contribution in [1.82, 2.24) is 43.8 Å². The largest absolute Gasteiger partial charge is 0.386 e. The zero-order valence-corrected chi connectivity index (χ0v) is 24.6. The monoisotopic (exact) mass is 675 g/mol. The number of imidazole rings is 2. The van der Waals surface area contributed by atoms with Crippen LogP contribution in [-0.4, -0.2) is 91.2 Å². The first-order chi connectivity index (χ1) is 20.9. The Morgan fingerprint density at radius 2 is 1.77 bits per heavy atom. The van der Waals surface area contributed by atoms with Gasteiger partial charge in [-0.15, -0.1) is 0 Å². The first kappa shape index (κ1) is 29.4. The molecule has 44 heavy (non-hydrogen) atoms. The Kier molecular flexibility index (Phi) is 7.13. The number of aromatic nitrogens is 8. The van der Waals surface area contributed by atoms with Gasteiger partial charge in [0.1, 0.15) is 24.1 Å². The molecular weight excluding hydrogens is 652 g/mol. The molecule has 3 fully saturated rings. The number of hydrogen-bond acceptors (Lipinski definition) is 16. The molecule has 0 radical (unpaired) electrons. The van der Waals surface area contributed by atoms with Crippen LogP contribution in [0.15, 0.2) is 23.8 Å². The molecule has 6 N–H and O–H groups in total. The Labute approximate surface area is 250 Å². The van der Waals surface area contributed by atoms with E-state index in [0.29, 0.717) is 0 Å². The first-order valence-corrected chi connectivity index (χ1v) is 16.9. The number of nitrogen functional groups attached to an aromatic ring is 2. The topological polar surface area (TPSA) is 269 Å². The average molecular weight is 676 g/mol. The molecule has 3 aliphatic heterocycles. The van der Waals surface area contributed by atoms with Crippen molar-refractivity contribution in [2.75, 3.05) is 24.7 Å². The van der Waals surface area contributed by atoms with E-state index in [1.165, 1.54) is 21.8 Å². The van der Waals surface area contributed by atoms with E-state index in [1.807, 2.05) is 0 Å². The number of nitrogens with zero attached hydrogens (tertiary/aromatic N) is 7. The fourth-order valence-electron chi connectivity index (χ4n) is 5.31. The van der Waals surface area contributed by atoms with Crippen LogP contribution in [0.5, 0.6) is 0 Å². The lowest BCUT2D eigenvalue weighted by Gasteiger charge is -2.25. The third kappa shape index (κ3) is 5.22. The highest BCUT2D eigenvalue weighted by Gasteiger charge is 2.50. The van der Waals surface area contributed by atoms with Crippen LogP contribution in [0, 0.1) is 0 Å². The van der Waals surface area contributed by atoms with Crippen molar-refractivity contribution < 1.29 is 40.1 Å². The van der Waals surface area contributed by atoms with Crippen LogP contribution >= 0.6 is 19.0 Å². The standard InChI is InChI=1S/C20H23FN11O9PS2/c21-10-11-9(40-19(10)31-5-26-12-14(22)24-4-25-15(12)31)3-37-42(34,43)41-8-1-7(2-38-44(35,36)30-11)39-18(8)32-6-27-13-16(32)28-20(23)29-17(13)33/h4-11,18-19,30H,1-3H2,(H,34,43)(H2,22,24,25)(H3,23,28,29,33)/t7-,8+,9+,10+,11+,18?,19+,42?/m0/s1. The SMILES string of the molecule is Nc1nc2c(ncn2C2O[C@@H]3COS(=O)(=O)N[C@H]4[C@@H](F)[C@H](n5cnc6c(N)ncnc65)O[C@@H]4COP(=O)(S)O[C@@H]2C3)c(=O)[nH]1. The summed E-state index contributed by atoms with van der Waals surface area (Å²) in [5.41, 5.74) is 11.2. The Morgan fingerprint density at radius 1 is 1.02 bits per heavy atom. The van der Waals surface area contributed by atoms with Gasteiger partial charge in [-0.05, 0) is 0 Å². The van der Waals surface area contributed by atoms with Crippen LogP contribution in [0.4, 0.5) is 16.2 Å². The number of nitrogens with two attached hydrogens (primary N) is 2. The number of thiol groups is 1. The Morgan fingerprint density at radius 3 is 2.57 bits per heavy atom. The molecule has 0 aromatic carbocycles. The van der Waals surface area contributed by atoms with Crippen molar-refractivity contribution in [3.63, 3.8) is 0 Å².